The van der Waals surface area contributed by atoms with E-state index in [0.29, 0.717) is 5.75 Å². The molecule has 1 fully saturated rings. The molecule has 194 valence electrons. The number of hydrogen-bond donors (Lipinski definition) is 0. The van der Waals surface area contributed by atoms with Crippen LogP contribution in [0.5, 0.6) is 5.75 Å². The first-order chi connectivity index (χ1) is 16.5. The molecule has 0 N–H and O–H groups in total. The Hall–Kier alpha value is -2.22. The van der Waals surface area contributed by atoms with E-state index in [0.717, 1.165) is 29.7 Å². The summed E-state index contributed by atoms with van der Waals surface area (Å²) in [4.78, 5) is 46.8. The average molecular weight is 626 g/mol. The van der Waals surface area contributed by atoms with Gasteiger partial charge in [-0.25, -0.2) is 0 Å². The molecule has 0 spiro atoms. The number of hydrogen-bond acceptors (Lipinski definition) is 11. The van der Waals surface area contributed by atoms with Gasteiger partial charge in [0, 0.05) is 27.7 Å². The summed E-state index contributed by atoms with van der Waals surface area (Å²) < 4.78 is 39.8. The Morgan fingerprint density at radius 3 is 1.89 bits per heavy atom. The maximum Gasteiger partial charge on any atom is 0.303 e. The molecule has 1 aliphatic heterocycles. The van der Waals surface area contributed by atoms with E-state index >= 15 is 0 Å². The van der Waals surface area contributed by atoms with E-state index in [2.05, 4.69) is 31.9 Å². The van der Waals surface area contributed by atoms with Gasteiger partial charge in [0.15, 0.2) is 24.6 Å². The quantitative estimate of drug-likeness (QED) is 0.216. The molecule has 0 bridgehead atoms. The molecule has 13 heteroatoms. The highest BCUT2D eigenvalue weighted by atomic mass is 79.9. The van der Waals surface area contributed by atoms with Crippen molar-refractivity contribution >= 4 is 55.7 Å². The number of carbonyl (C=O) groups excluding carboxylic acids is 4. The first-order valence-electron chi connectivity index (χ1n) is 10.5. The Morgan fingerprint density at radius 1 is 0.800 bits per heavy atom. The number of para-hydroxylation sites is 1. The van der Waals surface area contributed by atoms with Crippen molar-refractivity contribution in [3.63, 3.8) is 0 Å². The van der Waals surface area contributed by atoms with Crippen molar-refractivity contribution in [2.45, 2.75) is 58.4 Å². The summed E-state index contributed by atoms with van der Waals surface area (Å²) >= 11 is 6.79. The topological polar surface area (TPSA) is 133 Å². The molecule has 1 aliphatic rings. The van der Waals surface area contributed by atoms with Crippen LogP contribution in [-0.4, -0.2) is 74.4 Å². The molecule has 35 heavy (non-hydrogen) atoms. The predicted molar refractivity (Wildman–Crippen MR) is 125 cm³/mol. The van der Waals surface area contributed by atoms with Crippen LogP contribution in [0.25, 0.3) is 0 Å². The van der Waals surface area contributed by atoms with Gasteiger partial charge in [-0.3, -0.25) is 19.2 Å². The third kappa shape index (κ3) is 9.06. The van der Waals surface area contributed by atoms with Gasteiger partial charge in [-0.1, -0.05) is 6.07 Å². The third-order valence-electron chi connectivity index (χ3n) is 4.48. The van der Waals surface area contributed by atoms with Crippen LogP contribution in [0.3, 0.4) is 0 Å². The standard InChI is InChI=1S/C22H26Br2O11/c1-11(25)31-10-17-19(32-12(2)26)20(33-13(3)27)21(34-14(4)28)22(35-17)30-9-8-29-18-15(23)6-5-7-16(18)24/h5-7,17,19-22H,8-10H2,1-4H3/t17-,19-,20+,21-,22-/m1/s1. The second-order valence-corrected chi connectivity index (χ2v) is 9.05. The summed E-state index contributed by atoms with van der Waals surface area (Å²) in [7, 11) is 0. The number of benzene rings is 1. The molecule has 0 aromatic heterocycles. The Balaban J connectivity index is 2.24. The molecular formula is C22H26Br2O11. The summed E-state index contributed by atoms with van der Waals surface area (Å²) in [5.41, 5.74) is 0. The van der Waals surface area contributed by atoms with Crippen LogP contribution in [0.1, 0.15) is 27.7 Å². The predicted octanol–water partition coefficient (Wildman–Crippen LogP) is 2.69. The van der Waals surface area contributed by atoms with Gasteiger partial charge in [-0.05, 0) is 44.0 Å². The lowest BCUT2D eigenvalue weighted by molar-refractivity contribution is -0.308. The Morgan fingerprint density at radius 2 is 1.34 bits per heavy atom. The zero-order valence-electron chi connectivity index (χ0n) is 19.5. The minimum Gasteiger partial charge on any atom is -0.489 e. The molecule has 2 rings (SSSR count). The lowest BCUT2D eigenvalue weighted by Gasteiger charge is -2.44. The van der Waals surface area contributed by atoms with Crippen LogP contribution in [0.2, 0.25) is 0 Å². The van der Waals surface area contributed by atoms with Crippen LogP contribution in [0.15, 0.2) is 27.1 Å². The van der Waals surface area contributed by atoms with Gasteiger partial charge in [0.05, 0.1) is 15.6 Å². The van der Waals surface area contributed by atoms with Crippen molar-refractivity contribution in [3.8, 4) is 5.75 Å². The van der Waals surface area contributed by atoms with Crippen LogP contribution < -0.4 is 4.74 Å². The van der Waals surface area contributed by atoms with E-state index in [1.54, 1.807) is 12.1 Å². The van der Waals surface area contributed by atoms with Crippen LogP contribution in [0.4, 0.5) is 0 Å². The average Bonchev–Trinajstić information content (AvgIpc) is 2.74. The maximum absolute atomic E-state index is 11.8. The zero-order valence-corrected chi connectivity index (χ0v) is 22.7. The van der Waals surface area contributed by atoms with Gasteiger partial charge in [0.25, 0.3) is 0 Å². The van der Waals surface area contributed by atoms with Gasteiger partial charge in [0.1, 0.15) is 25.1 Å². The summed E-state index contributed by atoms with van der Waals surface area (Å²) in [6, 6.07) is 5.44. The minimum absolute atomic E-state index is 0.0263. The highest BCUT2D eigenvalue weighted by Crippen LogP contribution is 2.33. The Bertz CT molecular complexity index is 902. The van der Waals surface area contributed by atoms with Gasteiger partial charge in [-0.2, -0.15) is 0 Å². The molecule has 11 nitrogen and oxygen atoms in total. The van der Waals surface area contributed by atoms with E-state index in [9.17, 15) is 19.2 Å². The fraction of sp³-hybridized carbons (Fsp3) is 0.545. The van der Waals surface area contributed by atoms with Gasteiger partial charge in [0.2, 0.25) is 0 Å². The van der Waals surface area contributed by atoms with Crippen molar-refractivity contribution in [3.05, 3.63) is 27.1 Å². The molecule has 0 radical (unpaired) electrons. The number of ether oxygens (including phenoxy) is 7. The number of halogens is 2. The molecule has 5 atom stereocenters. The largest absolute Gasteiger partial charge is 0.489 e. The van der Waals surface area contributed by atoms with Crippen molar-refractivity contribution in [2.75, 3.05) is 19.8 Å². The lowest BCUT2D eigenvalue weighted by Crippen LogP contribution is -2.63. The summed E-state index contributed by atoms with van der Waals surface area (Å²) in [6.07, 6.45) is -6.17. The number of carbonyl (C=O) groups is 4. The van der Waals surface area contributed by atoms with E-state index in [1.807, 2.05) is 6.07 Å². The summed E-state index contributed by atoms with van der Waals surface area (Å²) in [5.74, 6) is -2.20. The fourth-order valence-electron chi connectivity index (χ4n) is 3.25. The fourth-order valence-corrected chi connectivity index (χ4v) is 4.48. The van der Waals surface area contributed by atoms with Crippen molar-refractivity contribution in [2.24, 2.45) is 0 Å². The Labute approximate surface area is 218 Å². The van der Waals surface area contributed by atoms with Crippen LogP contribution in [0, 0.1) is 0 Å². The second kappa shape index (κ2) is 13.8. The third-order valence-corrected chi connectivity index (χ3v) is 5.73. The van der Waals surface area contributed by atoms with Gasteiger partial charge < -0.3 is 33.2 Å². The molecular weight excluding hydrogens is 600 g/mol. The van der Waals surface area contributed by atoms with Crippen LogP contribution >= 0.6 is 31.9 Å². The van der Waals surface area contributed by atoms with E-state index < -0.39 is 54.6 Å². The number of esters is 4. The number of rotatable bonds is 10. The first kappa shape index (κ1) is 29.0. The smallest absolute Gasteiger partial charge is 0.303 e. The highest BCUT2D eigenvalue weighted by molar-refractivity contribution is 9.11. The molecule has 1 heterocycles. The normalized spacial score (nSPS) is 23.7. The molecule has 0 saturated carbocycles. The highest BCUT2D eigenvalue weighted by Gasteiger charge is 2.52. The molecule has 0 amide bonds. The van der Waals surface area contributed by atoms with Crippen molar-refractivity contribution in [1.82, 2.24) is 0 Å². The van der Waals surface area contributed by atoms with Crippen molar-refractivity contribution < 1.29 is 52.3 Å². The summed E-state index contributed by atoms with van der Waals surface area (Å²) in [5, 5.41) is 0. The zero-order chi connectivity index (χ0) is 26.1. The SMILES string of the molecule is CC(=O)OC[C@H]1O[C@@H](OCCOc2c(Br)cccc2Br)[C@H](OC(C)=O)[C@@H](OC(C)=O)[C@@H]1OC(C)=O. The summed E-state index contributed by atoms with van der Waals surface area (Å²) in [6.45, 7) is 4.36. The van der Waals surface area contributed by atoms with Gasteiger partial charge in [-0.15, -0.1) is 0 Å². The monoisotopic (exact) mass is 624 g/mol. The lowest BCUT2D eigenvalue weighted by atomic mass is 9.98. The molecule has 0 aliphatic carbocycles. The van der Waals surface area contributed by atoms with Gasteiger partial charge >= 0.3 is 23.9 Å². The second-order valence-electron chi connectivity index (χ2n) is 7.34. The molecule has 1 aromatic carbocycles. The minimum atomic E-state index is -1.29. The molecule has 0 unspecified atom stereocenters. The maximum atomic E-state index is 11.8. The van der Waals surface area contributed by atoms with Crippen LogP contribution in [-0.2, 0) is 47.6 Å². The molecule has 1 aromatic rings. The first-order valence-corrected chi connectivity index (χ1v) is 12.1. The Kier molecular flexibility index (Phi) is 11.4. The van der Waals surface area contributed by atoms with E-state index in [-0.39, 0.29) is 19.8 Å². The van der Waals surface area contributed by atoms with Crippen molar-refractivity contribution in [1.29, 1.82) is 0 Å². The van der Waals surface area contributed by atoms with E-state index in [4.69, 9.17) is 33.2 Å². The molecule has 1 saturated heterocycles. The van der Waals surface area contributed by atoms with E-state index in [1.165, 1.54) is 6.92 Å².